The Morgan fingerprint density at radius 2 is 1.73 bits per heavy atom. The molecule has 8 heteroatoms. The van der Waals surface area contributed by atoms with E-state index in [1.807, 2.05) is 37.4 Å². The molecule has 1 aliphatic heterocycles. The number of aliphatic hydroxyl groups excluding tert-OH is 1. The van der Waals surface area contributed by atoms with Crippen LogP contribution >= 0.6 is 23.4 Å². The first-order chi connectivity index (χ1) is 14.6. The second-order valence-corrected chi connectivity index (χ2v) is 8.86. The number of para-hydroxylation sites is 1. The Bertz CT molecular complexity index is 942. The third-order valence-electron chi connectivity index (χ3n) is 5.19. The molecule has 0 aliphatic carbocycles. The van der Waals surface area contributed by atoms with E-state index in [9.17, 15) is 5.11 Å². The minimum atomic E-state index is -0.408. The Morgan fingerprint density at radius 1 is 1.03 bits per heavy atom. The minimum Gasteiger partial charge on any atom is -0.391 e. The van der Waals surface area contributed by atoms with E-state index >= 15 is 0 Å². The van der Waals surface area contributed by atoms with E-state index < -0.39 is 6.10 Å². The smallest absolute Gasteiger partial charge is 0.186 e. The molecule has 0 bridgehead atoms. The van der Waals surface area contributed by atoms with Crippen molar-refractivity contribution in [2.75, 3.05) is 43.4 Å². The van der Waals surface area contributed by atoms with Crippen LogP contribution in [0.2, 0.25) is 5.02 Å². The van der Waals surface area contributed by atoms with E-state index in [2.05, 4.69) is 44.1 Å². The van der Waals surface area contributed by atoms with Gasteiger partial charge in [-0.1, -0.05) is 41.6 Å². The molecule has 0 amide bonds. The summed E-state index contributed by atoms with van der Waals surface area (Å²) in [5.74, 6) is 1.26. The molecule has 6 nitrogen and oxygen atoms in total. The Kier molecular flexibility index (Phi) is 6.94. The van der Waals surface area contributed by atoms with Gasteiger partial charge in [0.15, 0.2) is 11.0 Å². The van der Waals surface area contributed by atoms with Gasteiger partial charge in [-0.2, -0.15) is 5.10 Å². The number of β-amino-alcohol motifs (C(OH)–C–C–N with tert-alkyl or cyclic N) is 1. The van der Waals surface area contributed by atoms with Crippen molar-refractivity contribution in [2.24, 2.45) is 7.05 Å². The maximum atomic E-state index is 10.5. The molecule has 2 aromatic carbocycles. The van der Waals surface area contributed by atoms with E-state index in [0.29, 0.717) is 23.1 Å². The second-order valence-electron chi connectivity index (χ2n) is 7.44. The zero-order valence-corrected chi connectivity index (χ0v) is 18.6. The van der Waals surface area contributed by atoms with Gasteiger partial charge in [-0.3, -0.25) is 4.90 Å². The van der Waals surface area contributed by atoms with E-state index in [-0.39, 0.29) is 0 Å². The largest absolute Gasteiger partial charge is 0.391 e. The maximum absolute atomic E-state index is 10.5. The highest BCUT2D eigenvalue weighted by molar-refractivity contribution is 7.99. The summed E-state index contributed by atoms with van der Waals surface area (Å²) in [5.41, 5.74) is 2.20. The van der Waals surface area contributed by atoms with Crippen molar-refractivity contribution in [1.82, 2.24) is 19.7 Å². The number of thioether (sulfide) groups is 1. The number of benzene rings is 2. The monoisotopic (exact) mass is 443 g/mol. The molecule has 3 aromatic rings. The molecule has 1 unspecified atom stereocenters. The van der Waals surface area contributed by atoms with Crippen LogP contribution < -0.4 is 4.90 Å². The predicted molar refractivity (Wildman–Crippen MR) is 123 cm³/mol. The lowest BCUT2D eigenvalue weighted by atomic mass is 10.2. The fraction of sp³-hybridized carbons (Fsp3) is 0.364. The van der Waals surface area contributed by atoms with Gasteiger partial charge in [0.05, 0.1) is 6.10 Å². The average Bonchev–Trinajstić information content (AvgIpc) is 3.14. The van der Waals surface area contributed by atoms with Crippen molar-refractivity contribution in [3.63, 3.8) is 0 Å². The highest BCUT2D eigenvalue weighted by Crippen LogP contribution is 2.23. The molecule has 158 valence electrons. The number of aliphatic hydroxyl groups is 1. The molecule has 1 atom stereocenters. The molecule has 2 heterocycles. The van der Waals surface area contributed by atoms with Crippen LogP contribution in [0.3, 0.4) is 0 Å². The molecule has 1 N–H and O–H groups in total. The van der Waals surface area contributed by atoms with Crippen LogP contribution in [0.4, 0.5) is 5.69 Å². The third-order valence-corrected chi connectivity index (χ3v) is 6.61. The topological polar surface area (TPSA) is 57.4 Å². The summed E-state index contributed by atoms with van der Waals surface area (Å²) in [6, 6.07) is 18.0. The number of halogens is 1. The highest BCUT2D eigenvalue weighted by Gasteiger charge is 2.20. The number of rotatable bonds is 7. The number of aromatic nitrogens is 3. The first-order valence-electron chi connectivity index (χ1n) is 10.1. The lowest BCUT2D eigenvalue weighted by molar-refractivity contribution is 0.126. The fourth-order valence-electron chi connectivity index (χ4n) is 3.57. The van der Waals surface area contributed by atoms with Gasteiger partial charge in [0.25, 0.3) is 0 Å². The fourth-order valence-corrected chi connectivity index (χ4v) is 4.52. The SMILES string of the molecule is Cn1nc(-c2ccc(Cl)cc2)nc1SCC(O)CN1CCN(c2ccccc2)CC1. The summed E-state index contributed by atoms with van der Waals surface area (Å²) < 4.78 is 1.76. The summed E-state index contributed by atoms with van der Waals surface area (Å²) in [5, 5.41) is 16.5. The number of hydrogen-bond acceptors (Lipinski definition) is 6. The van der Waals surface area contributed by atoms with Crippen LogP contribution in [0.15, 0.2) is 59.8 Å². The molecule has 1 fully saturated rings. The third kappa shape index (κ3) is 5.35. The van der Waals surface area contributed by atoms with Gasteiger partial charge in [-0.05, 0) is 36.4 Å². The van der Waals surface area contributed by atoms with Crippen LogP contribution in [0.5, 0.6) is 0 Å². The number of aryl methyl sites for hydroxylation is 1. The number of hydrogen-bond donors (Lipinski definition) is 1. The summed E-state index contributed by atoms with van der Waals surface area (Å²) in [6.45, 7) is 4.56. The van der Waals surface area contributed by atoms with E-state index in [1.54, 1.807) is 4.68 Å². The van der Waals surface area contributed by atoms with Gasteiger partial charge >= 0.3 is 0 Å². The average molecular weight is 444 g/mol. The van der Waals surface area contributed by atoms with Crippen molar-refractivity contribution in [2.45, 2.75) is 11.3 Å². The Morgan fingerprint density at radius 3 is 2.43 bits per heavy atom. The first-order valence-corrected chi connectivity index (χ1v) is 11.4. The van der Waals surface area contributed by atoms with Crippen LogP contribution in [0.25, 0.3) is 11.4 Å². The minimum absolute atomic E-state index is 0.408. The summed E-state index contributed by atoms with van der Waals surface area (Å²) in [7, 11) is 1.88. The van der Waals surface area contributed by atoms with Crippen LogP contribution in [-0.2, 0) is 7.05 Å². The molecule has 4 rings (SSSR count). The highest BCUT2D eigenvalue weighted by atomic mass is 35.5. The van der Waals surface area contributed by atoms with E-state index in [4.69, 9.17) is 11.6 Å². The predicted octanol–water partition coefficient (Wildman–Crippen LogP) is 3.41. The first kappa shape index (κ1) is 21.2. The maximum Gasteiger partial charge on any atom is 0.186 e. The van der Waals surface area contributed by atoms with Gasteiger partial charge in [-0.25, -0.2) is 9.67 Å². The molecule has 30 heavy (non-hydrogen) atoms. The molecule has 0 spiro atoms. The number of piperazine rings is 1. The zero-order chi connectivity index (χ0) is 20.9. The summed E-state index contributed by atoms with van der Waals surface area (Å²) >= 11 is 7.49. The van der Waals surface area contributed by atoms with Gasteiger partial charge in [0, 0.05) is 61.8 Å². The molecule has 1 aliphatic rings. The van der Waals surface area contributed by atoms with E-state index in [1.165, 1.54) is 17.4 Å². The molecule has 0 saturated carbocycles. The van der Waals surface area contributed by atoms with E-state index in [0.717, 1.165) is 36.9 Å². The van der Waals surface area contributed by atoms with Crippen molar-refractivity contribution >= 4 is 29.1 Å². The Hall–Kier alpha value is -2.06. The van der Waals surface area contributed by atoms with Crippen molar-refractivity contribution in [3.8, 4) is 11.4 Å². The second kappa shape index (κ2) is 9.83. The molecule has 0 radical (unpaired) electrons. The van der Waals surface area contributed by atoms with Crippen LogP contribution in [0, 0.1) is 0 Å². The zero-order valence-electron chi connectivity index (χ0n) is 17.0. The van der Waals surface area contributed by atoms with Gasteiger partial charge in [-0.15, -0.1) is 0 Å². The van der Waals surface area contributed by atoms with Crippen molar-refractivity contribution in [1.29, 1.82) is 0 Å². The summed E-state index contributed by atoms with van der Waals surface area (Å²) in [6.07, 6.45) is -0.408. The number of nitrogens with zero attached hydrogens (tertiary/aromatic N) is 5. The Balaban J connectivity index is 1.25. The van der Waals surface area contributed by atoms with Crippen molar-refractivity contribution in [3.05, 3.63) is 59.6 Å². The lowest BCUT2D eigenvalue weighted by Crippen LogP contribution is -2.48. The molecule has 1 saturated heterocycles. The Labute approximate surface area is 186 Å². The molecular formula is C22H26ClN5OS. The van der Waals surface area contributed by atoms with Gasteiger partial charge in [0.2, 0.25) is 0 Å². The van der Waals surface area contributed by atoms with Crippen LogP contribution in [-0.4, -0.2) is 69.4 Å². The molecule has 1 aromatic heterocycles. The lowest BCUT2D eigenvalue weighted by Gasteiger charge is -2.36. The van der Waals surface area contributed by atoms with Crippen molar-refractivity contribution < 1.29 is 5.11 Å². The quantitative estimate of drug-likeness (QED) is 0.565. The van der Waals surface area contributed by atoms with Gasteiger partial charge in [0.1, 0.15) is 0 Å². The normalized spacial score (nSPS) is 16.0. The number of anilines is 1. The summed E-state index contributed by atoms with van der Waals surface area (Å²) in [4.78, 5) is 9.34. The van der Waals surface area contributed by atoms with Gasteiger partial charge < -0.3 is 10.0 Å². The van der Waals surface area contributed by atoms with Crippen LogP contribution in [0.1, 0.15) is 0 Å². The molecular weight excluding hydrogens is 418 g/mol. The standard InChI is InChI=1S/C22H26ClN5OS/c1-26-22(24-21(25-26)17-7-9-18(23)10-8-17)30-16-20(29)15-27-11-13-28(14-12-27)19-5-3-2-4-6-19/h2-10,20,29H,11-16H2,1H3.